The standard InChI is InChI=1S/C23H27F3N6O3S/c1-7-32(21(33)35-22(3,4)5)15-12-17(36(34)8-2)18(28-13-15)20-30-29-19(31(20)6)16-11-14(9-10-27-16)23(24,25)26/h9-13H,7-8H2,1-6H3. The maximum atomic E-state index is 13.2. The van der Waals surface area contributed by atoms with Gasteiger partial charge in [-0.25, -0.2) is 9.78 Å². The lowest BCUT2D eigenvalue weighted by Crippen LogP contribution is -2.36. The molecule has 0 aliphatic carbocycles. The summed E-state index contributed by atoms with van der Waals surface area (Å²) in [6.45, 7) is 9.04. The molecular formula is C23H27F3N6O3S. The predicted octanol–water partition coefficient (Wildman–Crippen LogP) is 4.85. The minimum absolute atomic E-state index is 0.0251. The molecule has 1 unspecified atom stereocenters. The molecule has 0 bridgehead atoms. The summed E-state index contributed by atoms with van der Waals surface area (Å²) < 4.78 is 59.3. The van der Waals surface area contributed by atoms with Gasteiger partial charge in [-0.2, -0.15) is 13.2 Å². The highest BCUT2D eigenvalue weighted by molar-refractivity contribution is 7.85. The number of alkyl halides is 3. The van der Waals surface area contributed by atoms with Crippen molar-refractivity contribution in [2.75, 3.05) is 17.2 Å². The molecule has 36 heavy (non-hydrogen) atoms. The molecular weight excluding hydrogens is 497 g/mol. The van der Waals surface area contributed by atoms with Gasteiger partial charge in [0, 0.05) is 25.5 Å². The highest BCUT2D eigenvalue weighted by Gasteiger charge is 2.31. The van der Waals surface area contributed by atoms with Crippen LogP contribution in [0.3, 0.4) is 0 Å². The molecule has 0 aromatic carbocycles. The van der Waals surface area contributed by atoms with Gasteiger partial charge >= 0.3 is 12.3 Å². The summed E-state index contributed by atoms with van der Waals surface area (Å²) in [6, 6.07) is 3.33. The van der Waals surface area contributed by atoms with Crippen LogP contribution in [0.15, 0.2) is 35.5 Å². The molecule has 0 saturated carbocycles. The maximum Gasteiger partial charge on any atom is 0.416 e. The number of anilines is 1. The molecule has 1 atom stereocenters. The molecule has 13 heteroatoms. The first-order valence-electron chi connectivity index (χ1n) is 11.1. The topological polar surface area (TPSA) is 103 Å². The van der Waals surface area contributed by atoms with Crippen molar-refractivity contribution in [1.82, 2.24) is 24.7 Å². The normalized spacial score (nSPS) is 12.9. The number of pyridine rings is 2. The smallest absolute Gasteiger partial charge is 0.416 e. The van der Waals surface area contributed by atoms with E-state index in [0.29, 0.717) is 10.6 Å². The Balaban J connectivity index is 2.08. The average Bonchev–Trinajstić information content (AvgIpc) is 3.18. The molecule has 9 nitrogen and oxygen atoms in total. The van der Waals surface area contributed by atoms with Gasteiger partial charge in [-0.3, -0.25) is 14.1 Å². The fourth-order valence-corrected chi connectivity index (χ4v) is 4.22. The predicted molar refractivity (Wildman–Crippen MR) is 129 cm³/mol. The third kappa shape index (κ3) is 5.89. The number of hydrogen-bond donors (Lipinski definition) is 0. The third-order valence-corrected chi connectivity index (χ3v) is 6.32. The SMILES string of the molecule is CCN(C(=O)OC(C)(C)C)c1cnc(-c2nnc(-c3cc(C(F)(F)F)ccn3)n2C)c(S(=O)CC)c1. The van der Waals surface area contributed by atoms with E-state index in [-0.39, 0.29) is 35.3 Å². The molecule has 0 aliphatic heterocycles. The Morgan fingerprint density at radius 2 is 1.78 bits per heavy atom. The van der Waals surface area contributed by atoms with Crippen LogP contribution in [0.1, 0.15) is 40.2 Å². The second-order valence-electron chi connectivity index (χ2n) is 8.73. The van der Waals surface area contributed by atoms with Gasteiger partial charge in [-0.15, -0.1) is 10.2 Å². The highest BCUT2D eigenvalue weighted by Crippen LogP contribution is 2.33. The van der Waals surface area contributed by atoms with Gasteiger partial charge in [0.15, 0.2) is 11.6 Å². The highest BCUT2D eigenvalue weighted by atomic mass is 32.2. The minimum atomic E-state index is -4.54. The van der Waals surface area contributed by atoms with E-state index < -0.39 is 34.2 Å². The molecule has 0 spiro atoms. The van der Waals surface area contributed by atoms with Crippen molar-refractivity contribution < 1.29 is 26.9 Å². The first-order valence-corrected chi connectivity index (χ1v) is 12.4. The van der Waals surface area contributed by atoms with Crippen LogP contribution in [0.5, 0.6) is 0 Å². The second kappa shape index (κ2) is 10.3. The number of ether oxygens (including phenoxy) is 1. The van der Waals surface area contributed by atoms with Crippen molar-refractivity contribution in [3.8, 4) is 23.0 Å². The number of carbonyl (C=O) groups excluding carboxylic acids is 1. The number of nitrogens with zero attached hydrogens (tertiary/aromatic N) is 6. The van der Waals surface area contributed by atoms with Gasteiger partial charge in [0.05, 0.1) is 33.1 Å². The molecule has 3 heterocycles. The van der Waals surface area contributed by atoms with E-state index in [1.54, 1.807) is 47.7 Å². The number of amides is 1. The van der Waals surface area contributed by atoms with Crippen LogP contribution in [-0.2, 0) is 28.8 Å². The van der Waals surface area contributed by atoms with Crippen LogP contribution in [0.2, 0.25) is 0 Å². The second-order valence-corrected chi connectivity index (χ2v) is 10.4. The number of carbonyl (C=O) groups is 1. The van der Waals surface area contributed by atoms with Crippen molar-refractivity contribution >= 4 is 22.6 Å². The monoisotopic (exact) mass is 524 g/mol. The fraction of sp³-hybridized carbons (Fsp3) is 0.435. The average molecular weight is 525 g/mol. The fourth-order valence-electron chi connectivity index (χ4n) is 3.30. The minimum Gasteiger partial charge on any atom is -0.443 e. The molecule has 1 amide bonds. The largest absolute Gasteiger partial charge is 0.443 e. The van der Waals surface area contributed by atoms with E-state index in [9.17, 15) is 22.2 Å². The Hall–Kier alpha value is -3.35. The molecule has 194 valence electrons. The zero-order chi connectivity index (χ0) is 26.8. The van der Waals surface area contributed by atoms with E-state index in [4.69, 9.17) is 4.74 Å². The lowest BCUT2D eigenvalue weighted by Gasteiger charge is -2.26. The Kier molecular flexibility index (Phi) is 7.82. The van der Waals surface area contributed by atoms with Crippen LogP contribution < -0.4 is 4.90 Å². The molecule has 3 aromatic rings. The molecule has 0 aliphatic rings. The Morgan fingerprint density at radius 1 is 1.11 bits per heavy atom. The van der Waals surface area contributed by atoms with Gasteiger partial charge < -0.3 is 9.30 Å². The maximum absolute atomic E-state index is 13.2. The van der Waals surface area contributed by atoms with Gasteiger partial charge in [0.1, 0.15) is 17.0 Å². The summed E-state index contributed by atoms with van der Waals surface area (Å²) in [6.07, 6.45) is -2.64. The Labute approximate surface area is 209 Å². The number of aromatic nitrogens is 5. The first kappa shape index (κ1) is 27.2. The number of hydrogen-bond acceptors (Lipinski definition) is 7. The summed E-state index contributed by atoms with van der Waals surface area (Å²) in [5, 5.41) is 8.11. The first-order chi connectivity index (χ1) is 16.8. The number of halogens is 3. The molecule has 0 radical (unpaired) electrons. The summed E-state index contributed by atoms with van der Waals surface area (Å²) in [5.41, 5.74) is -0.988. The quantitative estimate of drug-likeness (QED) is 0.454. The van der Waals surface area contributed by atoms with Crippen LogP contribution in [0.25, 0.3) is 23.0 Å². The molecule has 3 aromatic heterocycles. The summed E-state index contributed by atoms with van der Waals surface area (Å²) >= 11 is 0. The van der Waals surface area contributed by atoms with Crippen molar-refractivity contribution in [2.45, 2.75) is 51.3 Å². The summed E-state index contributed by atoms with van der Waals surface area (Å²) in [4.78, 5) is 22.8. The summed E-state index contributed by atoms with van der Waals surface area (Å²) in [5.74, 6) is 0.531. The zero-order valence-corrected chi connectivity index (χ0v) is 21.6. The lowest BCUT2D eigenvalue weighted by molar-refractivity contribution is -0.137. The van der Waals surface area contributed by atoms with Crippen LogP contribution in [0.4, 0.5) is 23.7 Å². The Morgan fingerprint density at radius 3 is 2.36 bits per heavy atom. The number of rotatable bonds is 6. The van der Waals surface area contributed by atoms with E-state index in [0.717, 1.165) is 18.3 Å². The van der Waals surface area contributed by atoms with Gasteiger partial charge in [0.25, 0.3) is 0 Å². The van der Waals surface area contributed by atoms with Crippen LogP contribution in [0, 0.1) is 0 Å². The van der Waals surface area contributed by atoms with Crippen molar-refractivity contribution in [1.29, 1.82) is 0 Å². The van der Waals surface area contributed by atoms with Crippen LogP contribution >= 0.6 is 0 Å². The van der Waals surface area contributed by atoms with Gasteiger partial charge in [0.2, 0.25) is 0 Å². The van der Waals surface area contributed by atoms with Crippen molar-refractivity contribution in [3.63, 3.8) is 0 Å². The van der Waals surface area contributed by atoms with Crippen LogP contribution in [-0.4, -0.2) is 52.9 Å². The van der Waals surface area contributed by atoms with E-state index in [1.165, 1.54) is 15.7 Å². The molecule has 0 fully saturated rings. The molecule has 0 N–H and O–H groups in total. The zero-order valence-electron chi connectivity index (χ0n) is 20.8. The van der Waals surface area contributed by atoms with E-state index >= 15 is 0 Å². The van der Waals surface area contributed by atoms with E-state index in [1.807, 2.05) is 0 Å². The molecule has 3 rings (SSSR count). The van der Waals surface area contributed by atoms with Crippen molar-refractivity contribution in [3.05, 3.63) is 36.2 Å². The Bertz CT molecular complexity index is 1290. The van der Waals surface area contributed by atoms with Crippen molar-refractivity contribution in [2.24, 2.45) is 7.05 Å². The third-order valence-electron chi connectivity index (χ3n) is 4.99. The molecule has 0 saturated heterocycles. The van der Waals surface area contributed by atoms with Gasteiger partial charge in [-0.1, -0.05) is 6.92 Å². The van der Waals surface area contributed by atoms with E-state index in [2.05, 4.69) is 20.2 Å². The summed E-state index contributed by atoms with van der Waals surface area (Å²) in [7, 11) is 0.0462. The lowest BCUT2D eigenvalue weighted by atomic mass is 10.2. The van der Waals surface area contributed by atoms with Gasteiger partial charge in [-0.05, 0) is 45.9 Å².